The van der Waals surface area contributed by atoms with Crippen molar-refractivity contribution in [3.8, 4) is 10.8 Å². The second-order valence-corrected chi connectivity index (χ2v) is 7.95. The molecule has 4 heterocycles. The van der Waals surface area contributed by atoms with Gasteiger partial charge in [0.05, 0.1) is 17.5 Å². The summed E-state index contributed by atoms with van der Waals surface area (Å²) >= 11 is 1.60. The van der Waals surface area contributed by atoms with Crippen LogP contribution in [0.4, 0.5) is 0 Å². The minimum atomic E-state index is 0.0904. The van der Waals surface area contributed by atoms with Crippen LogP contribution in [0.2, 0.25) is 0 Å². The molecule has 26 heavy (non-hydrogen) atoms. The number of likely N-dealkylation sites (tertiary alicyclic amines) is 1. The average molecular weight is 375 g/mol. The smallest absolute Gasteiger partial charge is 0.257 e. The van der Waals surface area contributed by atoms with E-state index in [-0.39, 0.29) is 11.9 Å². The number of amides is 1. The molecule has 7 nitrogen and oxygen atoms in total. The van der Waals surface area contributed by atoms with E-state index in [1.54, 1.807) is 11.3 Å². The van der Waals surface area contributed by atoms with Crippen molar-refractivity contribution in [1.82, 2.24) is 24.9 Å². The highest BCUT2D eigenvalue weighted by molar-refractivity contribution is 7.13. The van der Waals surface area contributed by atoms with Gasteiger partial charge in [-0.25, -0.2) is 0 Å². The zero-order valence-corrected chi connectivity index (χ0v) is 16.0. The van der Waals surface area contributed by atoms with Crippen molar-refractivity contribution < 1.29 is 9.21 Å². The predicted molar refractivity (Wildman–Crippen MR) is 99.9 cm³/mol. The molecule has 1 atom stereocenters. The third-order valence-electron chi connectivity index (χ3n) is 5.30. The molecule has 2 aromatic rings. The Labute approximate surface area is 157 Å². The van der Waals surface area contributed by atoms with Gasteiger partial charge in [0.15, 0.2) is 0 Å². The number of rotatable bonds is 5. The number of hydrogen-bond acceptors (Lipinski definition) is 7. The number of carbonyl (C=O) groups is 1. The summed E-state index contributed by atoms with van der Waals surface area (Å²) in [6.07, 6.45) is 2.29. The molecule has 2 aromatic heterocycles. The van der Waals surface area contributed by atoms with Crippen LogP contribution < -0.4 is 0 Å². The van der Waals surface area contributed by atoms with Gasteiger partial charge >= 0.3 is 0 Å². The molecule has 140 valence electrons. The van der Waals surface area contributed by atoms with Crippen LogP contribution in [0.25, 0.3) is 10.8 Å². The Balaban J connectivity index is 1.29. The molecular formula is C18H25N5O2S. The molecule has 8 heteroatoms. The molecule has 2 saturated heterocycles. The van der Waals surface area contributed by atoms with Crippen LogP contribution in [-0.4, -0.2) is 76.6 Å². The summed E-state index contributed by atoms with van der Waals surface area (Å²) in [7, 11) is 0. The first-order valence-corrected chi connectivity index (χ1v) is 10.2. The molecular weight excluding hydrogens is 350 g/mol. The SMILES string of the molecule is CC(c1nnc(-c2cccs2)o1)N1CCN(CC(=O)N2CCCC2)CC1. The Kier molecular flexibility index (Phi) is 5.33. The lowest BCUT2D eigenvalue weighted by molar-refractivity contribution is -0.131. The third kappa shape index (κ3) is 3.82. The Morgan fingerprint density at radius 3 is 2.65 bits per heavy atom. The second kappa shape index (κ2) is 7.85. The summed E-state index contributed by atoms with van der Waals surface area (Å²) in [5.74, 6) is 1.54. The zero-order chi connectivity index (χ0) is 17.9. The lowest BCUT2D eigenvalue weighted by atomic mass is 10.2. The Bertz CT molecular complexity index is 718. The van der Waals surface area contributed by atoms with E-state index in [1.165, 1.54) is 0 Å². The number of aromatic nitrogens is 2. The Morgan fingerprint density at radius 2 is 1.96 bits per heavy atom. The number of nitrogens with zero attached hydrogens (tertiary/aromatic N) is 5. The highest BCUT2D eigenvalue weighted by Crippen LogP contribution is 2.27. The molecule has 0 aliphatic carbocycles. The second-order valence-electron chi connectivity index (χ2n) is 7.00. The predicted octanol–water partition coefficient (Wildman–Crippen LogP) is 2.10. The minimum absolute atomic E-state index is 0.0904. The third-order valence-corrected chi connectivity index (χ3v) is 6.16. The lowest BCUT2D eigenvalue weighted by Crippen LogP contribution is -2.50. The maximum Gasteiger partial charge on any atom is 0.257 e. The van der Waals surface area contributed by atoms with Gasteiger partial charge in [0.25, 0.3) is 5.89 Å². The van der Waals surface area contributed by atoms with E-state index in [4.69, 9.17) is 4.42 Å². The van der Waals surface area contributed by atoms with Crippen molar-refractivity contribution in [1.29, 1.82) is 0 Å². The van der Waals surface area contributed by atoms with Gasteiger partial charge in [-0.1, -0.05) is 6.07 Å². The van der Waals surface area contributed by atoms with Gasteiger partial charge in [-0.15, -0.1) is 21.5 Å². The summed E-state index contributed by atoms with van der Waals surface area (Å²) in [6, 6.07) is 4.06. The van der Waals surface area contributed by atoms with Crippen LogP contribution in [0.1, 0.15) is 31.7 Å². The van der Waals surface area contributed by atoms with Gasteiger partial charge in [-0.3, -0.25) is 14.6 Å². The first kappa shape index (κ1) is 17.6. The van der Waals surface area contributed by atoms with E-state index in [0.29, 0.717) is 18.3 Å². The molecule has 0 spiro atoms. The Hall–Kier alpha value is -1.77. The molecule has 1 amide bonds. The molecule has 0 aromatic carbocycles. The van der Waals surface area contributed by atoms with Crippen LogP contribution in [0.15, 0.2) is 21.9 Å². The first-order chi connectivity index (χ1) is 12.7. The van der Waals surface area contributed by atoms with Gasteiger partial charge < -0.3 is 9.32 Å². The van der Waals surface area contributed by atoms with E-state index >= 15 is 0 Å². The van der Waals surface area contributed by atoms with Crippen LogP contribution in [-0.2, 0) is 4.79 Å². The number of hydrogen-bond donors (Lipinski definition) is 0. The maximum atomic E-state index is 12.3. The summed E-state index contributed by atoms with van der Waals surface area (Å²) in [6.45, 7) is 8.13. The van der Waals surface area contributed by atoms with E-state index < -0.39 is 0 Å². The highest BCUT2D eigenvalue weighted by Gasteiger charge is 2.28. The average Bonchev–Trinajstić information content (AvgIpc) is 3.43. The topological polar surface area (TPSA) is 65.7 Å². The largest absolute Gasteiger partial charge is 0.418 e. The van der Waals surface area contributed by atoms with E-state index in [1.807, 2.05) is 22.4 Å². The fraction of sp³-hybridized carbons (Fsp3) is 0.611. The normalized spacial score (nSPS) is 20.6. The lowest BCUT2D eigenvalue weighted by Gasteiger charge is -2.37. The molecule has 1 unspecified atom stereocenters. The van der Waals surface area contributed by atoms with E-state index in [9.17, 15) is 4.79 Å². The molecule has 0 N–H and O–H groups in total. The highest BCUT2D eigenvalue weighted by atomic mass is 32.1. The molecule has 0 bridgehead atoms. The van der Waals surface area contributed by atoms with Gasteiger partial charge in [0.2, 0.25) is 11.8 Å². The molecule has 2 aliphatic heterocycles. The van der Waals surface area contributed by atoms with Gasteiger partial charge in [-0.2, -0.15) is 0 Å². The molecule has 0 radical (unpaired) electrons. The number of thiophene rings is 1. The Morgan fingerprint density at radius 1 is 1.19 bits per heavy atom. The summed E-state index contributed by atoms with van der Waals surface area (Å²) in [4.78, 5) is 19.9. The van der Waals surface area contributed by atoms with Crippen molar-refractivity contribution in [3.05, 3.63) is 23.4 Å². The standard InChI is InChI=1S/C18H25N5O2S/c1-14(17-19-20-18(25-17)15-5-4-12-26-15)22-10-8-21(9-11-22)13-16(24)23-6-2-3-7-23/h4-5,12,14H,2-3,6-11,13H2,1H3. The van der Waals surface area contributed by atoms with Crippen molar-refractivity contribution in [2.75, 3.05) is 45.8 Å². The van der Waals surface area contributed by atoms with Crippen LogP contribution in [0.3, 0.4) is 0 Å². The fourth-order valence-electron chi connectivity index (χ4n) is 3.63. The van der Waals surface area contributed by atoms with Gasteiger partial charge in [-0.05, 0) is 31.2 Å². The van der Waals surface area contributed by atoms with E-state index in [2.05, 4.69) is 26.9 Å². The van der Waals surface area contributed by atoms with Crippen molar-refractivity contribution in [3.63, 3.8) is 0 Å². The summed E-state index contributed by atoms with van der Waals surface area (Å²) in [5.41, 5.74) is 0. The van der Waals surface area contributed by atoms with Crippen molar-refractivity contribution >= 4 is 17.2 Å². The van der Waals surface area contributed by atoms with Crippen molar-refractivity contribution in [2.45, 2.75) is 25.8 Å². The van der Waals surface area contributed by atoms with Crippen LogP contribution in [0.5, 0.6) is 0 Å². The number of carbonyl (C=O) groups excluding carboxylic acids is 1. The van der Waals surface area contributed by atoms with Crippen molar-refractivity contribution in [2.24, 2.45) is 0 Å². The monoisotopic (exact) mass is 375 g/mol. The molecule has 0 saturated carbocycles. The minimum Gasteiger partial charge on any atom is -0.418 e. The van der Waals surface area contributed by atoms with E-state index in [0.717, 1.165) is 57.0 Å². The number of piperazine rings is 1. The molecule has 2 aliphatic rings. The van der Waals surface area contributed by atoms with Crippen LogP contribution >= 0.6 is 11.3 Å². The molecule has 4 rings (SSSR count). The summed E-state index contributed by atoms with van der Waals surface area (Å²) in [5, 5.41) is 10.4. The molecule has 2 fully saturated rings. The van der Waals surface area contributed by atoms with Crippen LogP contribution in [0, 0.1) is 0 Å². The summed E-state index contributed by atoms with van der Waals surface area (Å²) < 4.78 is 5.87. The van der Waals surface area contributed by atoms with Gasteiger partial charge in [0.1, 0.15) is 0 Å². The quantitative estimate of drug-likeness (QED) is 0.797. The first-order valence-electron chi connectivity index (χ1n) is 9.32. The van der Waals surface area contributed by atoms with Gasteiger partial charge in [0, 0.05) is 39.3 Å². The fourth-order valence-corrected chi connectivity index (χ4v) is 4.27. The zero-order valence-electron chi connectivity index (χ0n) is 15.1. The maximum absolute atomic E-state index is 12.3.